The minimum Gasteiger partial charge on any atom is -0.497 e. The highest BCUT2D eigenvalue weighted by molar-refractivity contribution is 5.90. The first-order chi connectivity index (χ1) is 15.4. The van der Waals surface area contributed by atoms with E-state index >= 15 is 0 Å². The second-order valence-electron chi connectivity index (χ2n) is 6.27. The van der Waals surface area contributed by atoms with Gasteiger partial charge in [0, 0.05) is 6.07 Å². The van der Waals surface area contributed by atoms with Crippen molar-refractivity contribution in [2.24, 2.45) is 5.73 Å². The van der Waals surface area contributed by atoms with Gasteiger partial charge in [0.05, 0.1) is 32.5 Å². The van der Waals surface area contributed by atoms with Crippen molar-refractivity contribution in [3.63, 3.8) is 0 Å². The molecule has 0 radical (unpaired) electrons. The molecule has 2 aromatic carbocycles. The van der Waals surface area contributed by atoms with E-state index in [1.807, 2.05) is 0 Å². The van der Waals surface area contributed by atoms with E-state index in [1.165, 1.54) is 32.4 Å². The normalized spacial score (nSPS) is 10.3. The van der Waals surface area contributed by atoms with Crippen molar-refractivity contribution in [2.45, 2.75) is 6.61 Å². The van der Waals surface area contributed by atoms with Crippen molar-refractivity contribution in [3.8, 4) is 34.4 Å². The van der Waals surface area contributed by atoms with Gasteiger partial charge in [0.25, 0.3) is 11.8 Å². The largest absolute Gasteiger partial charge is 0.497 e. The van der Waals surface area contributed by atoms with Crippen LogP contribution in [0.5, 0.6) is 23.0 Å². The summed E-state index contributed by atoms with van der Waals surface area (Å²) in [5.74, 6) is 0.704. The number of benzene rings is 2. The van der Waals surface area contributed by atoms with Gasteiger partial charge in [-0.05, 0) is 30.3 Å². The molecule has 32 heavy (non-hydrogen) atoms. The van der Waals surface area contributed by atoms with Crippen molar-refractivity contribution in [3.05, 3.63) is 47.9 Å². The molecule has 0 aliphatic heterocycles. The number of rotatable bonds is 10. The molecule has 0 saturated heterocycles. The van der Waals surface area contributed by atoms with Crippen LogP contribution in [0.25, 0.3) is 11.4 Å². The molecule has 0 unspecified atom stereocenters. The Morgan fingerprint density at radius 1 is 0.969 bits per heavy atom. The van der Waals surface area contributed by atoms with E-state index in [0.717, 1.165) is 0 Å². The Balaban J connectivity index is 1.67. The Kier molecular flexibility index (Phi) is 7.11. The SMILES string of the molecule is COc1ccc(-c2noc(COC(=O)c3ccc(OCC(N)=O)c(OC)c3)n2)c(OC)c1. The number of aromatic nitrogens is 2. The van der Waals surface area contributed by atoms with E-state index in [2.05, 4.69) is 10.1 Å². The fourth-order valence-electron chi connectivity index (χ4n) is 2.68. The number of nitrogens with zero attached hydrogens (tertiary/aromatic N) is 2. The average Bonchev–Trinajstić information content (AvgIpc) is 3.29. The molecule has 1 aromatic heterocycles. The first-order valence-corrected chi connectivity index (χ1v) is 9.26. The van der Waals surface area contributed by atoms with Gasteiger partial charge in [-0.25, -0.2) is 4.79 Å². The van der Waals surface area contributed by atoms with Crippen LogP contribution in [0.3, 0.4) is 0 Å². The lowest BCUT2D eigenvalue weighted by molar-refractivity contribution is -0.119. The standard InChI is InChI=1S/C21H21N3O8/c1-27-13-5-6-14(16(9-13)28-2)20-23-19(32-24-20)11-31-21(26)12-4-7-15(17(8-12)29-3)30-10-18(22)25/h4-9H,10-11H2,1-3H3,(H2,22,25). The average molecular weight is 443 g/mol. The van der Waals surface area contributed by atoms with Gasteiger partial charge in [0.15, 0.2) is 24.7 Å². The molecule has 0 aliphatic rings. The first-order valence-electron chi connectivity index (χ1n) is 9.26. The molecule has 0 saturated carbocycles. The second-order valence-corrected chi connectivity index (χ2v) is 6.27. The maximum Gasteiger partial charge on any atom is 0.338 e. The summed E-state index contributed by atoms with van der Waals surface area (Å²) in [7, 11) is 4.46. The van der Waals surface area contributed by atoms with Crippen molar-refractivity contribution in [1.82, 2.24) is 10.1 Å². The van der Waals surface area contributed by atoms with Crippen molar-refractivity contribution in [1.29, 1.82) is 0 Å². The van der Waals surface area contributed by atoms with E-state index in [0.29, 0.717) is 17.1 Å². The lowest BCUT2D eigenvalue weighted by Crippen LogP contribution is -2.20. The Labute approximate surface area is 183 Å². The Bertz CT molecular complexity index is 1110. The molecule has 0 aliphatic carbocycles. The summed E-state index contributed by atoms with van der Waals surface area (Å²) in [4.78, 5) is 27.5. The fraction of sp³-hybridized carbons (Fsp3) is 0.238. The summed E-state index contributed by atoms with van der Waals surface area (Å²) < 4.78 is 31.3. The molecule has 1 amide bonds. The second kappa shape index (κ2) is 10.2. The number of ether oxygens (including phenoxy) is 5. The molecule has 0 atom stereocenters. The number of esters is 1. The minimum absolute atomic E-state index is 0.0968. The third-order valence-electron chi connectivity index (χ3n) is 4.21. The maximum atomic E-state index is 12.4. The molecule has 168 valence electrons. The fourth-order valence-corrected chi connectivity index (χ4v) is 2.68. The Morgan fingerprint density at radius 2 is 1.75 bits per heavy atom. The summed E-state index contributed by atoms with van der Waals surface area (Å²) >= 11 is 0. The summed E-state index contributed by atoms with van der Waals surface area (Å²) in [6.45, 7) is -0.564. The van der Waals surface area contributed by atoms with Gasteiger partial charge in [0.1, 0.15) is 11.5 Å². The van der Waals surface area contributed by atoms with Crippen LogP contribution in [-0.2, 0) is 16.1 Å². The minimum atomic E-state index is -0.647. The number of carbonyl (C=O) groups excluding carboxylic acids is 2. The molecule has 1 heterocycles. The van der Waals surface area contributed by atoms with Gasteiger partial charge in [-0.2, -0.15) is 4.98 Å². The highest BCUT2D eigenvalue weighted by Gasteiger charge is 2.17. The van der Waals surface area contributed by atoms with Crippen molar-refractivity contribution in [2.75, 3.05) is 27.9 Å². The first kappa shape index (κ1) is 22.4. The highest BCUT2D eigenvalue weighted by Crippen LogP contribution is 2.32. The third-order valence-corrected chi connectivity index (χ3v) is 4.21. The van der Waals surface area contributed by atoms with Crippen LogP contribution >= 0.6 is 0 Å². The van der Waals surface area contributed by atoms with E-state index < -0.39 is 11.9 Å². The Morgan fingerprint density at radius 3 is 2.44 bits per heavy atom. The van der Waals surface area contributed by atoms with E-state index in [1.54, 1.807) is 25.3 Å². The lowest BCUT2D eigenvalue weighted by Gasteiger charge is -2.10. The predicted molar refractivity (Wildman–Crippen MR) is 110 cm³/mol. The summed E-state index contributed by atoms with van der Waals surface area (Å²) in [5, 5.41) is 3.90. The lowest BCUT2D eigenvalue weighted by atomic mass is 10.2. The van der Waals surface area contributed by atoms with Gasteiger partial charge in [0.2, 0.25) is 5.82 Å². The van der Waals surface area contributed by atoms with Crippen molar-refractivity contribution < 1.29 is 37.8 Å². The number of methoxy groups -OCH3 is 3. The summed E-state index contributed by atoms with van der Waals surface area (Å²) in [6, 6.07) is 9.50. The summed E-state index contributed by atoms with van der Waals surface area (Å²) in [6.07, 6.45) is 0. The quantitative estimate of drug-likeness (QED) is 0.462. The van der Waals surface area contributed by atoms with Crippen LogP contribution in [0.1, 0.15) is 16.2 Å². The zero-order valence-corrected chi connectivity index (χ0v) is 17.6. The van der Waals surface area contributed by atoms with Gasteiger partial charge in [-0.15, -0.1) is 0 Å². The van der Waals surface area contributed by atoms with E-state index in [4.69, 9.17) is 33.9 Å². The van der Waals surface area contributed by atoms with Crippen LogP contribution in [0.2, 0.25) is 0 Å². The van der Waals surface area contributed by atoms with Crippen LogP contribution in [0, 0.1) is 0 Å². The third kappa shape index (κ3) is 5.25. The highest BCUT2D eigenvalue weighted by atomic mass is 16.6. The van der Waals surface area contributed by atoms with Crippen LogP contribution < -0.4 is 24.7 Å². The number of hydrogen-bond acceptors (Lipinski definition) is 10. The molecule has 11 heteroatoms. The molecule has 0 spiro atoms. The van der Waals surface area contributed by atoms with Gasteiger partial charge < -0.3 is 33.9 Å². The zero-order chi connectivity index (χ0) is 23.1. The van der Waals surface area contributed by atoms with E-state index in [9.17, 15) is 9.59 Å². The number of hydrogen-bond donors (Lipinski definition) is 1. The molecular formula is C21H21N3O8. The zero-order valence-electron chi connectivity index (χ0n) is 17.6. The molecule has 0 bridgehead atoms. The topological polar surface area (TPSA) is 145 Å². The monoisotopic (exact) mass is 443 g/mol. The molecular weight excluding hydrogens is 422 g/mol. The summed E-state index contributed by atoms with van der Waals surface area (Å²) in [5.41, 5.74) is 5.85. The predicted octanol–water partition coefficient (Wildman–Crippen LogP) is 1.98. The Hall–Kier alpha value is -4.28. The van der Waals surface area contributed by atoms with Crippen LogP contribution in [0.15, 0.2) is 40.9 Å². The van der Waals surface area contributed by atoms with Crippen LogP contribution in [0.4, 0.5) is 0 Å². The van der Waals surface area contributed by atoms with Crippen LogP contribution in [-0.4, -0.2) is 50.0 Å². The number of amides is 1. The number of nitrogens with two attached hydrogens (primary N) is 1. The van der Waals surface area contributed by atoms with Gasteiger partial charge in [-0.1, -0.05) is 5.16 Å². The molecule has 3 aromatic rings. The number of primary amides is 1. The van der Waals surface area contributed by atoms with Crippen molar-refractivity contribution >= 4 is 11.9 Å². The molecule has 2 N–H and O–H groups in total. The number of carbonyl (C=O) groups is 2. The van der Waals surface area contributed by atoms with E-state index in [-0.39, 0.29) is 42.0 Å². The van der Waals surface area contributed by atoms with Gasteiger partial charge in [-0.3, -0.25) is 4.79 Å². The molecule has 0 fully saturated rings. The molecule has 11 nitrogen and oxygen atoms in total. The van der Waals surface area contributed by atoms with Gasteiger partial charge >= 0.3 is 5.97 Å². The smallest absolute Gasteiger partial charge is 0.338 e. The maximum absolute atomic E-state index is 12.4. The molecule has 3 rings (SSSR count).